The van der Waals surface area contributed by atoms with Crippen LogP contribution in [0.1, 0.15) is 86.0 Å². The summed E-state index contributed by atoms with van der Waals surface area (Å²) in [6.07, 6.45) is -3.26. The summed E-state index contributed by atoms with van der Waals surface area (Å²) in [6.45, 7) is 11.5. The summed E-state index contributed by atoms with van der Waals surface area (Å²) in [7, 11) is 0. The van der Waals surface area contributed by atoms with E-state index in [4.69, 9.17) is 28.4 Å². The highest BCUT2D eigenvalue weighted by Gasteiger charge is 2.69. The quantitative estimate of drug-likeness (QED) is 0.235. The Balaban J connectivity index is 1.04. The van der Waals surface area contributed by atoms with E-state index in [0.29, 0.717) is 48.3 Å². The molecule has 1 spiro atoms. The van der Waals surface area contributed by atoms with Crippen LogP contribution in [0.2, 0.25) is 0 Å². The highest BCUT2D eigenvalue weighted by Crippen LogP contribution is 2.71. The van der Waals surface area contributed by atoms with Gasteiger partial charge in [-0.25, -0.2) is 0 Å². The van der Waals surface area contributed by atoms with Crippen molar-refractivity contribution in [1.29, 1.82) is 0 Å². The second kappa shape index (κ2) is 12.9. The van der Waals surface area contributed by atoms with Crippen molar-refractivity contribution in [2.45, 2.75) is 165 Å². The molecule has 4 saturated heterocycles. The van der Waals surface area contributed by atoms with Crippen LogP contribution in [-0.2, 0) is 28.4 Å². The fraction of sp³-hybridized carbons (Fsp3) is 0.947. The van der Waals surface area contributed by atoms with Gasteiger partial charge in [-0.05, 0) is 80.5 Å². The standard InChI is InChI=1S/C38H60O12/c1-17-8-11-38(46-15-17)18(2)28-26(50-38)14-24-22-7-6-20-12-21(39)13-27(37(20,5)23(22)9-10-36(24,28)4)48-35-33(30(42)25(40)16-45-35)49-34-32(44)31(43)29(41)19(3)47-34/h6,17-19,21-35,39-44H,7-16H2,1-5H3/t17-,18-,19+,21+,22+,23-,24+,25+,26+,27+,28-,29-,30-,31+,32+,33-,34-,35+,36-,37-,38+/m0/s1. The topological polar surface area (TPSA) is 177 Å². The SMILES string of the molecule is C[C@H]1CC[C@@]2(OC1)O[C@@H]1C[C@@H]3[C@@H]4CC=C5C[C@@H](O)C[C@@H](O[C@H]6OC[C@@H](O)[C@H](O)[C@@H]6O[C@@H]6O[C@H](C)[C@H](O)[C@@H](O)[C@H]6O)[C@]5(C)[C@H]4CC[C@]3(C)[C@H]1[C@@H]2C. The maximum atomic E-state index is 11.1. The Morgan fingerprint density at radius 2 is 1.60 bits per heavy atom. The second-order valence-electron chi connectivity index (χ2n) is 17.9. The first-order valence-electron chi connectivity index (χ1n) is 19.4. The van der Waals surface area contributed by atoms with Gasteiger partial charge in [0.15, 0.2) is 18.4 Å². The number of fused-ring (bicyclic) bond motifs is 7. The van der Waals surface area contributed by atoms with Crippen LogP contribution < -0.4 is 0 Å². The molecule has 284 valence electrons. The van der Waals surface area contributed by atoms with Crippen molar-refractivity contribution in [1.82, 2.24) is 0 Å². The summed E-state index contributed by atoms with van der Waals surface area (Å²) in [6, 6.07) is 0. The molecule has 0 radical (unpaired) electrons. The van der Waals surface area contributed by atoms with Crippen molar-refractivity contribution in [3.8, 4) is 0 Å². The predicted octanol–water partition coefficient (Wildman–Crippen LogP) is 2.00. The highest BCUT2D eigenvalue weighted by molar-refractivity contribution is 5.28. The average Bonchev–Trinajstić information content (AvgIpc) is 3.53. The molecule has 12 heteroatoms. The minimum Gasteiger partial charge on any atom is -0.393 e. The first-order valence-corrected chi connectivity index (χ1v) is 19.4. The molecule has 4 aliphatic heterocycles. The molecule has 0 aromatic rings. The average molecular weight is 709 g/mol. The zero-order valence-corrected chi connectivity index (χ0v) is 30.2. The number of aliphatic hydroxyl groups excluding tert-OH is 6. The summed E-state index contributed by atoms with van der Waals surface area (Å²) in [5.41, 5.74) is 0.917. The number of allylic oxidation sites excluding steroid dienone is 1. The fourth-order valence-electron chi connectivity index (χ4n) is 12.4. The summed E-state index contributed by atoms with van der Waals surface area (Å²) in [5.74, 6) is 2.08. The van der Waals surface area contributed by atoms with E-state index in [9.17, 15) is 30.6 Å². The minimum absolute atomic E-state index is 0.134. The number of ether oxygens (including phenoxy) is 6. The van der Waals surface area contributed by atoms with Gasteiger partial charge in [0.2, 0.25) is 0 Å². The molecule has 6 N–H and O–H groups in total. The van der Waals surface area contributed by atoms with E-state index in [1.54, 1.807) is 6.92 Å². The molecule has 8 rings (SSSR count). The zero-order valence-electron chi connectivity index (χ0n) is 30.2. The van der Waals surface area contributed by atoms with Crippen molar-refractivity contribution in [2.24, 2.45) is 46.3 Å². The van der Waals surface area contributed by atoms with Crippen LogP contribution in [0.4, 0.5) is 0 Å². The van der Waals surface area contributed by atoms with E-state index in [2.05, 4.69) is 33.8 Å². The van der Waals surface area contributed by atoms with Gasteiger partial charge in [-0.15, -0.1) is 0 Å². The lowest BCUT2D eigenvalue weighted by Gasteiger charge is -2.60. The van der Waals surface area contributed by atoms with Crippen LogP contribution in [0.15, 0.2) is 11.6 Å². The first-order chi connectivity index (χ1) is 23.7. The van der Waals surface area contributed by atoms with Crippen LogP contribution in [0, 0.1) is 46.3 Å². The fourth-order valence-corrected chi connectivity index (χ4v) is 12.4. The number of hydrogen-bond donors (Lipinski definition) is 6. The molecule has 0 unspecified atom stereocenters. The second-order valence-corrected chi connectivity index (χ2v) is 17.9. The molecule has 4 heterocycles. The van der Waals surface area contributed by atoms with E-state index in [1.165, 1.54) is 5.57 Å². The summed E-state index contributed by atoms with van der Waals surface area (Å²) < 4.78 is 38.0. The van der Waals surface area contributed by atoms with E-state index < -0.39 is 78.7 Å². The van der Waals surface area contributed by atoms with Crippen LogP contribution in [0.25, 0.3) is 0 Å². The molecule has 8 aliphatic rings. The predicted molar refractivity (Wildman–Crippen MR) is 177 cm³/mol. The number of hydrogen-bond acceptors (Lipinski definition) is 12. The van der Waals surface area contributed by atoms with Crippen molar-refractivity contribution >= 4 is 0 Å². The first kappa shape index (κ1) is 36.2. The minimum atomic E-state index is -1.60. The Labute approximate surface area is 295 Å². The number of rotatable bonds is 4. The Morgan fingerprint density at radius 1 is 0.820 bits per heavy atom. The molecule has 7 fully saturated rings. The smallest absolute Gasteiger partial charge is 0.187 e. The Hall–Kier alpha value is -0.740. The van der Waals surface area contributed by atoms with Crippen molar-refractivity contribution in [3.63, 3.8) is 0 Å². The van der Waals surface area contributed by atoms with Gasteiger partial charge < -0.3 is 59.1 Å². The third kappa shape index (κ3) is 5.45. The van der Waals surface area contributed by atoms with Crippen LogP contribution in [-0.4, -0.2) is 123 Å². The van der Waals surface area contributed by atoms with Gasteiger partial charge in [0.1, 0.15) is 36.6 Å². The lowest BCUT2D eigenvalue weighted by atomic mass is 9.46. The van der Waals surface area contributed by atoms with Gasteiger partial charge in [-0.1, -0.05) is 39.3 Å². The largest absolute Gasteiger partial charge is 0.393 e. The molecule has 3 saturated carbocycles. The van der Waals surface area contributed by atoms with Gasteiger partial charge >= 0.3 is 0 Å². The summed E-state index contributed by atoms with van der Waals surface area (Å²) >= 11 is 0. The number of aliphatic hydroxyl groups is 6. The van der Waals surface area contributed by atoms with E-state index >= 15 is 0 Å². The summed E-state index contributed by atoms with van der Waals surface area (Å²) in [4.78, 5) is 0. The van der Waals surface area contributed by atoms with Crippen molar-refractivity contribution in [3.05, 3.63) is 11.6 Å². The molecule has 0 bridgehead atoms. The zero-order chi connectivity index (χ0) is 35.5. The Kier molecular flexibility index (Phi) is 9.38. The molecule has 0 amide bonds. The van der Waals surface area contributed by atoms with Crippen molar-refractivity contribution in [2.75, 3.05) is 13.2 Å². The highest BCUT2D eigenvalue weighted by atomic mass is 16.8. The van der Waals surface area contributed by atoms with Gasteiger partial charge in [0.05, 0.1) is 37.6 Å². The molecular formula is C38H60O12. The molecule has 0 aromatic heterocycles. The molecule has 21 atom stereocenters. The van der Waals surface area contributed by atoms with Crippen LogP contribution in [0.3, 0.4) is 0 Å². The monoisotopic (exact) mass is 708 g/mol. The normalized spacial score (nSPS) is 59.3. The van der Waals surface area contributed by atoms with Gasteiger partial charge in [0, 0.05) is 24.2 Å². The van der Waals surface area contributed by atoms with E-state index in [-0.39, 0.29) is 18.1 Å². The lowest BCUT2D eigenvalue weighted by molar-refractivity contribution is -0.362. The molecule has 50 heavy (non-hydrogen) atoms. The van der Waals surface area contributed by atoms with Gasteiger partial charge in [-0.3, -0.25) is 0 Å². The van der Waals surface area contributed by atoms with E-state index in [1.807, 2.05) is 0 Å². The molecule has 12 nitrogen and oxygen atoms in total. The van der Waals surface area contributed by atoms with Gasteiger partial charge in [-0.2, -0.15) is 0 Å². The van der Waals surface area contributed by atoms with Gasteiger partial charge in [0.25, 0.3) is 0 Å². The lowest BCUT2D eigenvalue weighted by Crippen LogP contribution is -2.63. The Bertz CT molecular complexity index is 1290. The van der Waals surface area contributed by atoms with Crippen molar-refractivity contribution < 1.29 is 59.1 Å². The maximum absolute atomic E-state index is 11.1. The van der Waals surface area contributed by atoms with Crippen LogP contribution >= 0.6 is 0 Å². The maximum Gasteiger partial charge on any atom is 0.187 e. The third-order valence-corrected chi connectivity index (χ3v) is 15.2. The van der Waals surface area contributed by atoms with Crippen LogP contribution in [0.5, 0.6) is 0 Å². The third-order valence-electron chi connectivity index (χ3n) is 15.2. The molecular weight excluding hydrogens is 648 g/mol. The molecule has 4 aliphatic carbocycles. The Morgan fingerprint density at radius 3 is 2.34 bits per heavy atom. The van der Waals surface area contributed by atoms with E-state index in [0.717, 1.165) is 45.1 Å². The summed E-state index contributed by atoms with van der Waals surface area (Å²) in [5, 5.41) is 64.1. The molecule has 0 aromatic carbocycles.